The molecule has 5 nitrogen and oxygen atoms in total. The Morgan fingerprint density at radius 1 is 1.30 bits per heavy atom. The Labute approximate surface area is 165 Å². The van der Waals surface area contributed by atoms with Crippen LogP contribution in [0, 0.1) is 5.41 Å². The number of hydrogen-bond donors (Lipinski definition) is 0. The van der Waals surface area contributed by atoms with E-state index >= 15 is 0 Å². The summed E-state index contributed by atoms with van der Waals surface area (Å²) >= 11 is 1.65. The summed E-state index contributed by atoms with van der Waals surface area (Å²) in [6.45, 7) is 16.2. The summed E-state index contributed by atoms with van der Waals surface area (Å²) in [4.78, 5) is 30.8. The number of nitrogens with zero attached hydrogens (tertiary/aromatic N) is 3. The summed E-state index contributed by atoms with van der Waals surface area (Å²) in [5.41, 5.74) is 1.33. The standard InChI is InChI=1S/C21H29N3O2S/c1-14(2)12-24-17(11-16-7-10-27-19(16)24)18(25)22-8-9-23(15(3)13-22)20(26)21(4,5)6/h7,10-11,15H,1,8-9,12-13H2,2-6H3. The minimum Gasteiger partial charge on any atom is -0.336 e. The molecule has 0 aromatic carbocycles. The van der Waals surface area contributed by atoms with Crippen molar-refractivity contribution in [1.29, 1.82) is 0 Å². The van der Waals surface area contributed by atoms with E-state index in [9.17, 15) is 9.59 Å². The second-order valence-corrected chi connectivity index (χ2v) is 9.50. The maximum atomic E-state index is 13.3. The van der Waals surface area contributed by atoms with Gasteiger partial charge in [0.15, 0.2) is 0 Å². The van der Waals surface area contributed by atoms with E-state index in [0.29, 0.717) is 31.9 Å². The zero-order valence-electron chi connectivity index (χ0n) is 16.9. The van der Waals surface area contributed by atoms with Crippen LogP contribution in [-0.2, 0) is 11.3 Å². The Kier molecular flexibility index (Phi) is 5.21. The van der Waals surface area contributed by atoms with Gasteiger partial charge in [-0.25, -0.2) is 0 Å². The topological polar surface area (TPSA) is 45.6 Å². The zero-order valence-corrected chi connectivity index (χ0v) is 17.7. The molecule has 1 fully saturated rings. The van der Waals surface area contributed by atoms with Crippen LogP contribution in [0.15, 0.2) is 29.7 Å². The van der Waals surface area contributed by atoms with Gasteiger partial charge in [-0.3, -0.25) is 9.59 Å². The van der Waals surface area contributed by atoms with Crippen LogP contribution in [0.3, 0.4) is 0 Å². The lowest BCUT2D eigenvalue weighted by Gasteiger charge is -2.42. The maximum absolute atomic E-state index is 13.3. The number of carbonyl (C=O) groups excluding carboxylic acids is 2. The molecule has 3 rings (SSSR count). The second-order valence-electron chi connectivity index (χ2n) is 8.60. The highest BCUT2D eigenvalue weighted by molar-refractivity contribution is 7.16. The van der Waals surface area contributed by atoms with Crippen molar-refractivity contribution in [2.45, 2.75) is 47.2 Å². The van der Waals surface area contributed by atoms with Crippen molar-refractivity contribution in [3.05, 3.63) is 35.4 Å². The molecule has 1 saturated heterocycles. The highest BCUT2D eigenvalue weighted by Crippen LogP contribution is 2.28. The van der Waals surface area contributed by atoms with E-state index in [2.05, 4.69) is 11.1 Å². The molecule has 0 aliphatic carbocycles. The van der Waals surface area contributed by atoms with Gasteiger partial charge in [-0.1, -0.05) is 32.9 Å². The SMILES string of the molecule is C=C(C)Cn1c(C(=O)N2CCN(C(=O)C(C)(C)C)C(C)C2)cc2ccsc21. The lowest BCUT2D eigenvalue weighted by Crippen LogP contribution is -2.57. The van der Waals surface area contributed by atoms with E-state index in [1.165, 1.54) is 0 Å². The average molecular weight is 388 g/mol. The third-order valence-corrected chi connectivity index (χ3v) is 5.92. The molecule has 0 saturated carbocycles. The molecule has 3 heterocycles. The molecule has 0 N–H and O–H groups in total. The summed E-state index contributed by atoms with van der Waals surface area (Å²) in [5.74, 6) is 0.183. The Bertz CT molecular complexity index is 887. The predicted octanol–water partition coefficient (Wildman–Crippen LogP) is 4.00. The summed E-state index contributed by atoms with van der Waals surface area (Å²) in [6, 6.07) is 4.04. The Balaban J connectivity index is 1.82. The number of aromatic nitrogens is 1. The molecule has 1 atom stereocenters. The Morgan fingerprint density at radius 3 is 2.59 bits per heavy atom. The lowest BCUT2D eigenvalue weighted by atomic mass is 9.93. The van der Waals surface area contributed by atoms with Gasteiger partial charge in [-0.2, -0.15) is 0 Å². The number of carbonyl (C=O) groups is 2. The number of piperazine rings is 1. The van der Waals surface area contributed by atoms with E-state index in [0.717, 1.165) is 15.8 Å². The fourth-order valence-electron chi connectivity index (χ4n) is 3.62. The first-order valence-corrected chi connectivity index (χ1v) is 10.3. The van der Waals surface area contributed by atoms with Gasteiger partial charge >= 0.3 is 0 Å². The number of allylic oxidation sites excluding steroid dienone is 1. The largest absolute Gasteiger partial charge is 0.336 e. The number of hydrogen-bond acceptors (Lipinski definition) is 3. The van der Waals surface area contributed by atoms with E-state index in [1.807, 2.05) is 61.9 Å². The van der Waals surface area contributed by atoms with Crippen molar-refractivity contribution in [3.8, 4) is 0 Å². The van der Waals surface area contributed by atoms with Gasteiger partial charge in [0.2, 0.25) is 5.91 Å². The number of amides is 2. The molecular weight excluding hydrogens is 358 g/mol. The van der Waals surface area contributed by atoms with Crippen LogP contribution in [0.4, 0.5) is 0 Å². The van der Waals surface area contributed by atoms with Crippen LogP contribution in [-0.4, -0.2) is 51.9 Å². The molecule has 2 aromatic rings. The van der Waals surface area contributed by atoms with Gasteiger partial charge in [0.05, 0.1) is 0 Å². The van der Waals surface area contributed by atoms with E-state index in [4.69, 9.17) is 0 Å². The van der Waals surface area contributed by atoms with Gasteiger partial charge in [0.1, 0.15) is 10.5 Å². The van der Waals surface area contributed by atoms with E-state index in [-0.39, 0.29) is 17.9 Å². The smallest absolute Gasteiger partial charge is 0.270 e. The minimum atomic E-state index is -0.402. The molecule has 2 amide bonds. The fraction of sp³-hybridized carbons (Fsp3) is 0.524. The Hall–Kier alpha value is -2.08. The first-order chi connectivity index (χ1) is 12.6. The highest BCUT2D eigenvalue weighted by atomic mass is 32.1. The number of rotatable bonds is 3. The monoisotopic (exact) mass is 387 g/mol. The van der Waals surface area contributed by atoms with E-state index < -0.39 is 5.41 Å². The molecular formula is C21H29N3O2S. The van der Waals surface area contributed by atoms with Crippen molar-refractivity contribution in [1.82, 2.24) is 14.4 Å². The Morgan fingerprint density at radius 2 is 2.00 bits per heavy atom. The van der Waals surface area contributed by atoms with Gasteiger partial charge in [0, 0.05) is 43.0 Å². The van der Waals surface area contributed by atoms with Crippen LogP contribution in [0.1, 0.15) is 45.1 Å². The summed E-state index contributed by atoms with van der Waals surface area (Å²) in [7, 11) is 0. The number of fused-ring (bicyclic) bond motifs is 1. The quantitative estimate of drug-likeness (QED) is 0.748. The van der Waals surface area contributed by atoms with Crippen molar-refractivity contribution < 1.29 is 9.59 Å². The second kappa shape index (κ2) is 7.15. The van der Waals surface area contributed by atoms with Gasteiger partial charge in [0.25, 0.3) is 5.91 Å². The summed E-state index contributed by atoms with van der Waals surface area (Å²) in [6.07, 6.45) is 0. The minimum absolute atomic E-state index is 0.0140. The predicted molar refractivity (Wildman–Crippen MR) is 111 cm³/mol. The summed E-state index contributed by atoms with van der Waals surface area (Å²) in [5, 5.41) is 3.14. The fourth-order valence-corrected chi connectivity index (χ4v) is 4.51. The molecule has 1 aliphatic heterocycles. The molecule has 0 bridgehead atoms. The van der Waals surface area contributed by atoms with Crippen molar-refractivity contribution >= 4 is 33.4 Å². The molecule has 0 spiro atoms. The molecule has 6 heteroatoms. The maximum Gasteiger partial charge on any atom is 0.270 e. The van der Waals surface area contributed by atoms with Gasteiger partial charge in [-0.05, 0) is 31.4 Å². The first-order valence-electron chi connectivity index (χ1n) is 9.41. The van der Waals surface area contributed by atoms with Crippen LogP contribution >= 0.6 is 11.3 Å². The van der Waals surface area contributed by atoms with Crippen LogP contribution in [0.5, 0.6) is 0 Å². The first kappa shape index (κ1) is 19.7. The van der Waals surface area contributed by atoms with Gasteiger partial charge < -0.3 is 14.4 Å². The average Bonchev–Trinajstić information content (AvgIpc) is 3.15. The molecule has 146 valence electrons. The van der Waals surface area contributed by atoms with Crippen molar-refractivity contribution in [3.63, 3.8) is 0 Å². The third kappa shape index (κ3) is 3.81. The highest BCUT2D eigenvalue weighted by Gasteiger charge is 2.35. The normalized spacial score (nSPS) is 18.2. The molecule has 1 aliphatic rings. The van der Waals surface area contributed by atoms with Crippen LogP contribution < -0.4 is 0 Å². The van der Waals surface area contributed by atoms with Crippen LogP contribution in [0.25, 0.3) is 10.2 Å². The number of thiophene rings is 1. The van der Waals surface area contributed by atoms with Crippen molar-refractivity contribution in [2.24, 2.45) is 5.41 Å². The van der Waals surface area contributed by atoms with Gasteiger partial charge in [-0.15, -0.1) is 11.3 Å². The molecule has 2 aromatic heterocycles. The molecule has 1 unspecified atom stereocenters. The van der Waals surface area contributed by atoms with Crippen LogP contribution in [0.2, 0.25) is 0 Å². The zero-order chi connectivity index (χ0) is 19.9. The third-order valence-electron chi connectivity index (χ3n) is 4.97. The van der Waals surface area contributed by atoms with Crippen molar-refractivity contribution in [2.75, 3.05) is 19.6 Å². The lowest BCUT2D eigenvalue weighted by molar-refractivity contribution is -0.143. The molecule has 0 radical (unpaired) electrons. The summed E-state index contributed by atoms with van der Waals surface area (Å²) < 4.78 is 2.07. The van der Waals surface area contributed by atoms with E-state index in [1.54, 1.807) is 11.3 Å². The molecule has 27 heavy (non-hydrogen) atoms.